The van der Waals surface area contributed by atoms with E-state index in [0.717, 1.165) is 25.9 Å². The van der Waals surface area contributed by atoms with Crippen LogP contribution in [0.2, 0.25) is 5.02 Å². The van der Waals surface area contributed by atoms with Crippen LogP contribution in [0.1, 0.15) is 36.0 Å². The summed E-state index contributed by atoms with van der Waals surface area (Å²) >= 11 is 5.72. The van der Waals surface area contributed by atoms with E-state index in [9.17, 15) is 9.90 Å². The van der Waals surface area contributed by atoms with Crippen LogP contribution in [0.4, 0.5) is 0 Å². The fourth-order valence-corrected chi connectivity index (χ4v) is 2.34. The molecule has 1 amide bonds. The average molecular weight is 284 g/mol. The molecule has 1 saturated heterocycles. The van der Waals surface area contributed by atoms with E-state index in [2.05, 4.69) is 5.32 Å². The maximum Gasteiger partial charge on any atom is 0.255 e. The lowest BCUT2D eigenvalue weighted by Crippen LogP contribution is -2.29. The van der Waals surface area contributed by atoms with Gasteiger partial charge in [-0.25, -0.2) is 0 Å². The number of amides is 1. The molecule has 0 radical (unpaired) electrons. The lowest BCUT2D eigenvalue weighted by Gasteiger charge is -2.22. The van der Waals surface area contributed by atoms with Crippen LogP contribution >= 0.6 is 11.6 Å². The van der Waals surface area contributed by atoms with Crippen molar-refractivity contribution in [3.05, 3.63) is 28.8 Å². The van der Waals surface area contributed by atoms with E-state index in [-0.39, 0.29) is 23.3 Å². The summed E-state index contributed by atoms with van der Waals surface area (Å²) in [5.74, 6) is -0.385. The van der Waals surface area contributed by atoms with Crippen molar-refractivity contribution >= 4 is 17.5 Å². The van der Waals surface area contributed by atoms with E-state index in [1.165, 1.54) is 18.6 Å². The number of carbonyl (C=O) groups excluding carboxylic acids is 1. The molecule has 1 aromatic carbocycles. The second-order valence-corrected chi connectivity index (χ2v) is 5.13. The molecule has 1 unspecified atom stereocenters. The first-order chi connectivity index (χ1) is 9.16. The van der Waals surface area contributed by atoms with Gasteiger partial charge in [0.15, 0.2) is 0 Å². The molecule has 1 atom stereocenters. The van der Waals surface area contributed by atoms with Crippen LogP contribution in [0.5, 0.6) is 5.75 Å². The van der Waals surface area contributed by atoms with Crippen LogP contribution in [-0.4, -0.2) is 30.3 Å². The third-order valence-electron chi connectivity index (χ3n) is 3.23. The molecule has 19 heavy (non-hydrogen) atoms. The summed E-state index contributed by atoms with van der Waals surface area (Å²) in [6.07, 6.45) is 4.42. The number of carbonyl (C=O) groups is 1. The van der Waals surface area contributed by atoms with Gasteiger partial charge < -0.3 is 15.2 Å². The molecule has 0 saturated carbocycles. The normalized spacial score (nSPS) is 19.1. The van der Waals surface area contributed by atoms with Crippen molar-refractivity contribution in [2.45, 2.75) is 31.8 Å². The maximum atomic E-state index is 11.9. The molecule has 0 spiro atoms. The van der Waals surface area contributed by atoms with Gasteiger partial charge in [0.25, 0.3) is 5.91 Å². The second kappa shape index (κ2) is 6.78. The van der Waals surface area contributed by atoms with Crippen molar-refractivity contribution in [3.63, 3.8) is 0 Å². The molecular weight excluding hydrogens is 266 g/mol. The van der Waals surface area contributed by atoms with Crippen LogP contribution in [-0.2, 0) is 4.74 Å². The van der Waals surface area contributed by atoms with E-state index >= 15 is 0 Å². The standard InChI is InChI=1S/C14H18ClNO3/c15-10-4-5-12(13(17)9-10)14(18)16-7-6-11-3-1-2-8-19-11/h4-5,9,11,17H,1-3,6-8H2,(H,16,18). The molecule has 5 heteroatoms. The third-order valence-corrected chi connectivity index (χ3v) is 3.47. The lowest BCUT2D eigenvalue weighted by molar-refractivity contribution is 0.0117. The van der Waals surface area contributed by atoms with Gasteiger partial charge in [0.2, 0.25) is 0 Å². The van der Waals surface area contributed by atoms with Gasteiger partial charge in [-0.15, -0.1) is 0 Å². The van der Waals surface area contributed by atoms with Crippen molar-refractivity contribution in [1.29, 1.82) is 0 Å². The first-order valence-corrected chi connectivity index (χ1v) is 6.93. The summed E-state index contributed by atoms with van der Waals surface area (Å²) < 4.78 is 5.59. The van der Waals surface area contributed by atoms with Crippen LogP contribution in [0.3, 0.4) is 0 Å². The molecule has 1 aliphatic heterocycles. The molecule has 4 nitrogen and oxygen atoms in total. The molecule has 2 N–H and O–H groups in total. The zero-order valence-electron chi connectivity index (χ0n) is 10.7. The SMILES string of the molecule is O=C(NCCC1CCCCO1)c1ccc(Cl)cc1O. The maximum absolute atomic E-state index is 11.9. The minimum atomic E-state index is -0.287. The van der Waals surface area contributed by atoms with Crippen LogP contribution < -0.4 is 5.32 Å². The van der Waals surface area contributed by atoms with Gasteiger partial charge in [-0.3, -0.25) is 4.79 Å². The summed E-state index contributed by atoms with van der Waals surface area (Å²) in [5.41, 5.74) is 0.244. The first-order valence-electron chi connectivity index (χ1n) is 6.55. The Bertz CT molecular complexity index is 444. The summed E-state index contributed by atoms with van der Waals surface area (Å²) in [5, 5.41) is 12.8. The Labute approximate surface area is 117 Å². The van der Waals surface area contributed by atoms with Gasteiger partial charge in [0, 0.05) is 18.2 Å². The van der Waals surface area contributed by atoms with Crippen LogP contribution in [0.25, 0.3) is 0 Å². The summed E-state index contributed by atoms with van der Waals surface area (Å²) in [6.45, 7) is 1.36. The fourth-order valence-electron chi connectivity index (χ4n) is 2.17. The van der Waals surface area contributed by atoms with E-state index < -0.39 is 0 Å². The number of phenolic OH excluding ortho intramolecular Hbond substituents is 1. The average Bonchev–Trinajstić information content (AvgIpc) is 2.39. The topological polar surface area (TPSA) is 58.6 Å². The van der Waals surface area contributed by atoms with E-state index in [1.807, 2.05) is 0 Å². The Kier molecular flexibility index (Phi) is 5.05. The van der Waals surface area contributed by atoms with Crippen molar-refractivity contribution in [1.82, 2.24) is 5.32 Å². The van der Waals surface area contributed by atoms with Gasteiger partial charge >= 0.3 is 0 Å². The highest BCUT2D eigenvalue weighted by Crippen LogP contribution is 2.21. The second-order valence-electron chi connectivity index (χ2n) is 4.69. The summed E-state index contributed by atoms with van der Waals surface area (Å²) in [6, 6.07) is 4.46. The molecule has 0 aliphatic carbocycles. The Balaban J connectivity index is 1.80. The van der Waals surface area contributed by atoms with Crippen molar-refractivity contribution < 1.29 is 14.6 Å². The highest BCUT2D eigenvalue weighted by molar-refractivity contribution is 6.30. The number of benzene rings is 1. The number of phenols is 1. The van der Waals surface area contributed by atoms with Crippen LogP contribution in [0.15, 0.2) is 18.2 Å². The summed E-state index contributed by atoms with van der Waals surface area (Å²) in [7, 11) is 0. The smallest absolute Gasteiger partial charge is 0.255 e. The van der Waals surface area contributed by atoms with Gasteiger partial charge in [-0.1, -0.05) is 11.6 Å². The Hall–Kier alpha value is -1.26. The predicted octanol–water partition coefficient (Wildman–Crippen LogP) is 2.73. The van der Waals surface area contributed by atoms with E-state index in [1.54, 1.807) is 6.07 Å². The third kappa shape index (κ3) is 4.11. The minimum Gasteiger partial charge on any atom is -0.507 e. The summed E-state index contributed by atoms with van der Waals surface area (Å²) in [4.78, 5) is 11.9. The Morgan fingerprint density at radius 2 is 2.32 bits per heavy atom. The molecule has 0 aromatic heterocycles. The number of hydrogen-bond donors (Lipinski definition) is 2. The Morgan fingerprint density at radius 1 is 1.47 bits per heavy atom. The van der Waals surface area contributed by atoms with Gasteiger partial charge in [-0.2, -0.15) is 0 Å². The predicted molar refractivity (Wildman–Crippen MR) is 73.7 cm³/mol. The van der Waals surface area contributed by atoms with Crippen molar-refractivity contribution in [2.75, 3.05) is 13.2 Å². The highest BCUT2D eigenvalue weighted by Gasteiger charge is 2.15. The molecule has 1 aliphatic rings. The van der Waals surface area contributed by atoms with Crippen LogP contribution in [0, 0.1) is 0 Å². The number of aromatic hydroxyl groups is 1. The van der Waals surface area contributed by atoms with E-state index in [0.29, 0.717) is 11.6 Å². The molecular formula is C14H18ClNO3. The minimum absolute atomic E-state index is 0.0982. The molecule has 1 aromatic rings. The zero-order valence-corrected chi connectivity index (χ0v) is 11.4. The monoisotopic (exact) mass is 283 g/mol. The highest BCUT2D eigenvalue weighted by atomic mass is 35.5. The number of rotatable bonds is 4. The molecule has 2 rings (SSSR count). The Morgan fingerprint density at radius 3 is 3.00 bits per heavy atom. The zero-order chi connectivity index (χ0) is 13.7. The van der Waals surface area contributed by atoms with Crippen molar-refractivity contribution in [2.24, 2.45) is 0 Å². The molecule has 0 bridgehead atoms. The van der Waals surface area contributed by atoms with E-state index in [4.69, 9.17) is 16.3 Å². The van der Waals surface area contributed by atoms with Gasteiger partial charge in [0.05, 0.1) is 11.7 Å². The first kappa shape index (κ1) is 14.2. The van der Waals surface area contributed by atoms with Crippen molar-refractivity contribution in [3.8, 4) is 5.75 Å². The molecule has 104 valence electrons. The van der Waals surface area contributed by atoms with Gasteiger partial charge in [0.1, 0.15) is 5.75 Å². The lowest BCUT2D eigenvalue weighted by atomic mass is 10.1. The molecule has 1 heterocycles. The largest absolute Gasteiger partial charge is 0.507 e. The molecule has 1 fully saturated rings. The van der Waals surface area contributed by atoms with Gasteiger partial charge in [-0.05, 0) is 43.9 Å². The number of halogens is 1. The number of ether oxygens (including phenoxy) is 1. The number of hydrogen-bond acceptors (Lipinski definition) is 3. The number of nitrogens with one attached hydrogen (secondary N) is 1. The quantitative estimate of drug-likeness (QED) is 0.893. The fraction of sp³-hybridized carbons (Fsp3) is 0.500.